The molecule has 9 heteroatoms. The Bertz CT molecular complexity index is 1450. The molecule has 0 radical (unpaired) electrons. The summed E-state index contributed by atoms with van der Waals surface area (Å²) in [7, 11) is 3.17. The van der Waals surface area contributed by atoms with Crippen LogP contribution in [0.2, 0.25) is 0 Å². The Hall–Kier alpha value is -4.50. The zero-order valence-corrected chi connectivity index (χ0v) is 19.8. The van der Waals surface area contributed by atoms with Gasteiger partial charge in [-0.3, -0.25) is 4.79 Å². The van der Waals surface area contributed by atoms with E-state index >= 15 is 0 Å². The molecule has 0 saturated heterocycles. The third-order valence-corrected chi connectivity index (χ3v) is 5.95. The molecule has 0 unspecified atom stereocenters. The van der Waals surface area contributed by atoms with E-state index in [1.807, 2.05) is 72.1 Å². The number of hydrogen-bond donors (Lipinski definition) is 1. The summed E-state index contributed by atoms with van der Waals surface area (Å²) >= 11 is 1.29. The van der Waals surface area contributed by atoms with E-state index < -0.39 is 0 Å². The molecule has 0 aliphatic carbocycles. The standard InChI is InChI=1S/C26H21N5O3S/c1-33-20-12-13-21(24(14-20)34-2)25-22(15-31(29-25)19-6-4-3-5-7-19)26(32)27-18-10-8-17(9-11-18)23-16-35-30-28-23/h3-16H,1-2H3,(H,27,32). The number of anilines is 1. The van der Waals surface area contributed by atoms with Crippen LogP contribution in [0.4, 0.5) is 5.69 Å². The van der Waals surface area contributed by atoms with Crippen molar-refractivity contribution in [2.45, 2.75) is 0 Å². The van der Waals surface area contributed by atoms with Gasteiger partial charge in [-0.25, -0.2) is 4.68 Å². The number of hydrogen-bond acceptors (Lipinski definition) is 7. The van der Waals surface area contributed by atoms with Gasteiger partial charge in [0.2, 0.25) is 0 Å². The molecule has 5 aromatic rings. The van der Waals surface area contributed by atoms with Crippen LogP contribution < -0.4 is 14.8 Å². The fraction of sp³-hybridized carbons (Fsp3) is 0.0769. The molecular weight excluding hydrogens is 462 g/mol. The zero-order valence-electron chi connectivity index (χ0n) is 19.0. The molecule has 8 nitrogen and oxygen atoms in total. The molecule has 1 N–H and O–H groups in total. The van der Waals surface area contributed by atoms with Gasteiger partial charge in [0.05, 0.1) is 25.5 Å². The van der Waals surface area contributed by atoms with Crippen LogP contribution in [0, 0.1) is 0 Å². The second-order valence-electron chi connectivity index (χ2n) is 7.56. The lowest BCUT2D eigenvalue weighted by Gasteiger charge is -2.10. The first-order chi connectivity index (χ1) is 17.2. The molecule has 0 aliphatic rings. The molecule has 0 aliphatic heterocycles. The van der Waals surface area contributed by atoms with Crippen molar-refractivity contribution in [1.82, 2.24) is 19.4 Å². The van der Waals surface area contributed by atoms with Crippen LogP contribution >= 0.6 is 11.5 Å². The van der Waals surface area contributed by atoms with E-state index in [1.165, 1.54) is 11.5 Å². The van der Waals surface area contributed by atoms with Crippen LogP contribution in [-0.4, -0.2) is 39.5 Å². The largest absolute Gasteiger partial charge is 0.497 e. The molecule has 2 aromatic heterocycles. The van der Waals surface area contributed by atoms with E-state index in [9.17, 15) is 4.79 Å². The summed E-state index contributed by atoms with van der Waals surface area (Å²) in [5.74, 6) is 0.913. The highest BCUT2D eigenvalue weighted by Crippen LogP contribution is 2.35. The summed E-state index contributed by atoms with van der Waals surface area (Å²) in [6.45, 7) is 0. The van der Waals surface area contributed by atoms with E-state index in [0.29, 0.717) is 34.0 Å². The topological polar surface area (TPSA) is 91.2 Å². The normalized spacial score (nSPS) is 10.7. The van der Waals surface area contributed by atoms with Crippen molar-refractivity contribution >= 4 is 23.1 Å². The van der Waals surface area contributed by atoms with E-state index in [-0.39, 0.29) is 5.91 Å². The molecule has 3 aromatic carbocycles. The van der Waals surface area contributed by atoms with Crippen LogP contribution in [0.5, 0.6) is 11.5 Å². The predicted octanol–water partition coefficient (Wildman–Crippen LogP) is 5.33. The number of para-hydroxylation sites is 1. The van der Waals surface area contributed by atoms with Gasteiger partial charge < -0.3 is 14.8 Å². The second kappa shape index (κ2) is 9.78. The average molecular weight is 484 g/mol. The van der Waals surface area contributed by atoms with Crippen LogP contribution in [0.1, 0.15) is 10.4 Å². The summed E-state index contributed by atoms with van der Waals surface area (Å²) in [5, 5.41) is 13.7. The Balaban J connectivity index is 1.52. The Labute approximate surface area is 205 Å². The van der Waals surface area contributed by atoms with Crippen LogP contribution in [0.15, 0.2) is 84.4 Å². The number of carbonyl (C=O) groups is 1. The minimum Gasteiger partial charge on any atom is -0.497 e. The van der Waals surface area contributed by atoms with Gasteiger partial charge in [-0.1, -0.05) is 34.8 Å². The van der Waals surface area contributed by atoms with Gasteiger partial charge in [0.1, 0.15) is 22.9 Å². The van der Waals surface area contributed by atoms with Gasteiger partial charge in [-0.05, 0) is 47.9 Å². The first kappa shape index (κ1) is 22.3. The Kier molecular flexibility index (Phi) is 6.23. The number of nitrogens with zero attached hydrogens (tertiary/aromatic N) is 4. The predicted molar refractivity (Wildman–Crippen MR) is 135 cm³/mol. The molecule has 35 heavy (non-hydrogen) atoms. The highest BCUT2D eigenvalue weighted by Gasteiger charge is 2.22. The lowest BCUT2D eigenvalue weighted by atomic mass is 10.1. The lowest BCUT2D eigenvalue weighted by Crippen LogP contribution is -2.12. The van der Waals surface area contributed by atoms with Crippen molar-refractivity contribution in [3.05, 3.63) is 89.9 Å². The molecule has 174 valence electrons. The Morgan fingerprint density at radius 2 is 1.77 bits per heavy atom. The van der Waals surface area contributed by atoms with E-state index in [4.69, 9.17) is 14.6 Å². The fourth-order valence-electron chi connectivity index (χ4n) is 3.66. The maximum absolute atomic E-state index is 13.4. The molecule has 0 fully saturated rings. The first-order valence-corrected chi connectivity index (χ1v) is 11.6. The van der Waals surface area contributed by atoms with Gasteiger partial charge in [-0.15, -0.1) is 5.10 Å². The highest BCUT2D eigenvalue weighted by molar-refractivity contribution is 7.03. The number of methoxy groups -OCH3 is 2. The van der Waals surface area contributed by atoms with Crippen LogP contribution in [0.3, 0.4) is 0 Å². The van der Waals surface area contributed by atoms with Gasteiger partial charge in [-0.2, -0.15) is 5.10 Å². The summed E-state index contributed by atoms with van der Waals surface area (Å²) in [6.07, 6.45) is 1.72. The molecule has 1 amide bonds. The lowest BCUT2D eigenvalue weighted by molar-refractivity contribution is 0.102. The minimum absolute atomic E-state index is 0.289. The Morgan fingerprint density at radius 3 is 2.46 bits per heavy atom. The zero-order chi connectivity index (χ0) is 24.2. The van der Waals surface area contributed by atoms with E-state index in [1.54, 1.807) is 31.2 Å². The smallest absolute Gasteiger partial charge is 0.259 e. The fourth-order valence-corrected chi connectivity index (χ4v) is 4.12. The summed E-state index contributed by atoms with van der Waals surface area (Å²) in [5.41, 5.74) is 4.80. The van der Waals surface area contributed by atoms with Crippen molar-refractivity contribution in [2.75, 3.05) is 19.5 Å². The van der Waals surface area contributed by atoms with E-state index in [2.05, 4.69) is 14.9 Å². The number of nitrogens with one attached hydrogen (secondary N) is 1. The van der Waals surface area contributed by atoms with Crippen molar-refractivity contribution in [1.29, 1.82) is 0 Å². The summed E-state index contributed by atoms with van der Waals surface area (Å²) in [6, 6.07) is 22.5. The number of carbonyl (C=O) groups excluding carboxylic acids is 1. The quantitative estimate of drug-likeness (QED) is 0.337. The molecule has 2 heterocycles. The van der Waals surface area contributed by atoms with Crippen molar-refractivity contribution in [3.8, 4) is 39.7 Å². The molecule has 0 bridgehead atoms. The first-order valence-electron chi connectivity index (χ1n) is 10.7. The molecule has 0 saturated carbocycles. The molecule has 5 rings (SSSR count). The molecular formula is C26H21N5O3S. The average Bonchev–Trinajstić information content (AvgIpc) is 3.60. The van der Waals surface area contributed by atoms with E-state index in [0.717, 1.165) is 16.9 Å². The van der Waals surface area contributed by atoms with Gasteiger partial charge >= 0.3 is 0 Å². The molecule has 0 atom stereocenters. The van der Waals surface area contributed by atoms with Gasteiger partial charge in [0.25, 0.3) is 5.91 Å². The summed E-state index contributed by atoms with van der Waals surface area (Å²) in [4.78, 5) is 13.4. The van der Waals surface area contributed by atoms with Crippen molar-refractivity contribution in [2.24, 2.45) is 0 Å². The molecule has 0 spiro atoms. The monoisotopic (exact) mass is 483 g/mol. The van der Waals surface area contributed by atoms with Crippen molar-refractivity contribution < 1.29 is 14.3 Å². The number of rotatable bonds is 7. The Morgan fingerprint density at radius 1 is 0.971 bits per heavy atom. The maximum Gasteiger partial charge on any atom is 0.259 e. The van der Waals surface area contributed by atoms with Crippen LogP contribution in [0.25, 0.3) is 28.2 Å². The number of benzene rings is 3. The highest BCUT2D eigenvalue weighted by atomic mass is 32.1. The number of aromatic nitrogens is 4. The summed E-state index contributed by atoms with van der Waals surface area (Å²) < 4.78 is 16.5. The second-order valence-corrected chi connectivity index (χ2v) is 8.17. The van der Waals surface area contributed by atoms with Crippen LogP contribution in [-0.2, 0) is 0 Å². The number of amides is 1. The van der Waals surface area contributed by atoms with Crippen molar-refractivity contribution in [3.63, 3.8) is 0 Å². The van der Waals surface area contributed by atoms with Gasteiger partial charge in [0.15, 0.2) is 0 Å². The third-order valence-electron chi connectivity index (χ3n) is 5.44. The van der Waals surface area contributed by atoms with Gasteiger partial charge in [0, 0.05) is 34.5 Å². The maximum atomic E-state index is 13.4. The SMILES string of the molecule is COc1ccc(-c2nn(-c3ccccc3)cc2C(=O)Nc2ccc(-c3csnn3)cc2)c(OC)c1. The number of ether oxygens (including phenoxy) is 2. The minimum atomic E-state index is -0.289. The third kappa shape index (κ3) is 4.62.